The summed E-state index contributed by atoms with van der Waals surface area (Å²) in [7, 11) is 0. The number of unbranched alkanes of at least 4 members (excludes halogenated alkanes) is 45. The fraction of sp³-hybridized carbons (Fsp3) is 0.870. The van der Waals surface area contributed by atoms with Crippen molar-refractivity contribution in [2.24, 2.45) is 0 Å². The summed E-state index contributed by atoms with van der Waals surface area (Å²) in [6, 6.07) is 0. The molecule has 0 aliphatic heterocycles. The molecule has 0 rings (SSSR count). The second-order valence-corrected chi connectivity index (χ2v) is 22.7. The lowest BCUT2D eigenvalue weighted by atomic mass is 10.0. The van der Waals surface area contributed by atoms with Crippen LogP contribution < -0.4 is 0 Å². The monoisotopic (exact) mass is 1050 g/mol. The van der Waals surface area contributed by atoms with Crippen LogP contribution in [-0.4, -0.2) is 37.2 Å². The van der Waals surface area contributed by atoms with E-state index in [0.29, 0.717) is 19.3 Å². The minimum atomic E-state index is -0.777. The second-order valence-electron chi connectivity index (χ2n) is 22.7. The molecule has 0 radical (unpaired) electrons. The maximum Gasteiger partial charge on any atom is 0.306 e. The van der Waals surface area contributed by atoms with E-state index in [1.165, 1.54) is 244 Å². The number of ether oxygens (including phenoxy) is 3. The van der Waals surface area contributed by atoms with Gasteiger partial charge in [-0.2, -0.15) is 0 Å². The first-order valence-electron chi connectivity index (χ1n) is 33.5. The molecule has 0 amide bonds. The smallest absolute Gasteiger partial charge is 0.306 e. The molecule has 0 bridgehead atoms. The van der Waals surface area contributed by atoms with E-state index in [4.69, 9.17) is 14.2 Å². The van der Waals surface area contributed by atoms with Crippen molar-refractivity contribution in [1.82, 2.24) is 0 Å². The van der Waals surface area contributed by atoms with Gasteiger partial charge in [0, 0.05) is 19.3 Å². The Hall–Kier alpha value is -2.37. The molecule has 1 atom stereocenters. The van der Waals surface area contributed by atoms with E-state index < -0.39 is 6.10 Å². The highest BCUT2D eigenvalue weighted by Gasteiger charge is 2.19. The van der Waals surface area contributed by atoms with Crippen LogP contribution in [0.1, 0.15) is 367 Å². The number of hydrogen-bond donors (Lipinski definition) is 0. The molecule has 0 spiro atoms. The zero-order valence-electron chi connectivity index (χ0n) is 50.6. The number of rotatable bonds is 62. The first-order valence-corrected chi connectivity index (χ1v) is 33.5. The van der Waals surface area contributed by atoms with Gasteiger partial charge in [0.2, 0.25) is 0 Å². The molecule has 6 heteroatoms. The highest BCUT2D eigenvalue weighted by molar-refractivity contribution is 5.71. The van der Waals surface area contributed by atoms with Crippen LogP contribution in [-0.2, 0) is 28.6 Å². The highest BCUT2D eigenvalue weighted by atomic mass is 16.6. The van der Waals surface area contributed by atoms with Gasteiger partial charge in [-0.1, -0.05) is 314 Å². The molecule has 0 N–H and O–H groups in total. The third-order valence-electron chi connectivity index (χ3n) is 15.1. The number of esters is 3. The third kappa shape index (κ3) is 62.4. The van der Waals surface area contributed by atoms with Gasteiger partial charge in [-0.05, 0) is 70.6 Å². The Kier molecular flexibility index (Phi) is 62.1. The SMILES string of the molecule is CCC/C=C\C/C=C\CCCCCCCC(=O)OCC(COC(=O)CCCCCCCCCCCCCCCCCCCCCCCCCCC)OC(=O)CCCCCCCCCCC/C=C\CCCCCCCC. The van der Waals surface area contributed by atoms with E-state index in [-0.39, 0.29) is 31.1 Å². The lowest BCUT2D eigenvalue weighted by Crippen LogP contribution is -2.30. The summed E-state index contributed by atoms with van der Waals surface area (Å²) in [5, 5.41) is 0. The lowest BCUT2D eigenvalue weighted by molar-refractivity contribution is -0.167. The van der Waals surface area contributed by atoms with Crippen molar-refractivity contribution in [1.29, 1.82) is 0 Å². The van der Waals surface area contributed by atoms with E-state index in [1.807, 2.05) is 0 Å². The molecule has 440 valence electrons. The van der Waals surface area contributed by atoms with Gasteiger partial charge in [0.15, 0.2) is 6.10 Å². The molecule has 0 aliphatic carbocycles. The van der Waals surface area contributed by atoms with Gasteiger partial charge in [-0.25, -0.2) is 0 Å². The average molecular weight is 1050 g/mol. The molecule has 0 aliphatic rings. The molecule has 0 aromatic carbocycles. The first kappa shape index (κ1) is 72.6. The fourth-order valence-electron chi connectivity index (χ4n) is 10.1. The molecule has 6 nitrogen and oxygen atoms in total. The first-order chi connectivity index (χ1) is 37.0. The fourth-order valence-corrected chi connectivity index (χ4v) is 10.1. The van der Waals surface area contributed by atoms with Crippen molar-refractivity contribution in [3.8, 4) is 0 Å². The predicted octanol–water partition coefficient (Wildman–Crippen LogP) is 22.8. The van der Waals surface area contributed by atoms with Gasteiger partial charge in [0.25, 0.3) is 0 Å². The summed E-state index contributed by atoms with van der Waals surface area (Å²) < 4.78 is 16.9. The van der Waals surface area contributed by atoms with Gasteiger partial charge in [-0.3, -0.25) is 14.4 Å². The van der Waals surface area contributed by atoms with E-state index in [9.17, 15) is 14.4 Å². The summed E-state index contributed by atoms with van der Waals surface area (Å²) in [5.74, 6) is -0.866. The van der Waals surface area contributed by atoms with Crippen LogP contribution in [0.5, 0.6) is 0 Å². The molecule has 1 unspecified atom stereocenters. The van der Waals surface area contributed by atoms with Crippen LogP contribution in [0.15, 0.2) is 36.5 Å². The summed E-state index contributed by atoms with van der Waals surface area (Å²) in [4.78, 5) is 38.3. The van der Waals surface area contributed by atoms with Gasteiger partial charge in [0.1, 0.15) is 13.2 Å². The minimum absolute atomic E-state index is 0.0732. The maximum absolute atomic E-state index is 12.9. The number of hydrogen-bond acceptors (Lipinski definition) is 6. The van der Waals surface area contributed by atoms with Crippen molar-refractivity contribution in [2.45, 2.75) is 374 Å². The van der Waals surface area contributed by atoms with Crippen molar-refractivity contribution < 1.29 is 28.6 Å². The molecule has 75 heavy (non-hydrogen) atoms. The van der Waals surface area contributed by atoms with Crippen LogP contribution in [0.2, 0.25) is 0 Å². The standard InChI is InChI=1S/C69H128O6/c1-4-7-10-13-16-19-22-25-27-29-31-32-33-34-35-36-38-39-41-44-47-50-53-56-59-62-68(71)74-65-66(64-73-67(70)61-58-55-52-49-46-43-24-21-18-15-12-9-6-3)75-69(72)63-60-57-54-51-48-45-42-40-37-30-28-26-23-20-17-14-11-8-5-2/h12,15,21,24,26,28,66H,4-11,13-14,16-20,22-23,25,27,29-65H2,1-3H3/b15-12-,24-21-,28-26-. The van der Waals surface area contributed by atoms with Crippen LogP contribution in [0.4, 0.5) is 0 Å². The Morgan fingerprint density at radius 3 is 0.800 bits per heavy atom. The van der Waals surface area contributed by atoms with Crippen molar-refractivity contribution in [2.75, 3.05) is 13.2 Å². The van der Waals surface area contributed by atoms with E-state index in [0.717, 1.165) is 83.5 Å². The molecule has 0 fully saturated rings. The molecule has 0 saturated heterocycles. The number of carbonyl (C=O) groups is 3. The van der Waals surface area contributed by atoms with E-state index in [1.54, 1.807) is 0 Å². The topological polar surface area (TPSA) is 78.9 Å². The van der Waals surface area contributed by atoms with Gasteiger partial charge in [-0.15, -0.1) is 0 Å². The number of carbonyl (C=O) groups excluding carboxylic acids is 3. The van der Waals surface area contributed by atoms with Crippen molar-refractivity contribution >= 4 is 17.9 Å². The Labute approximate surface area is 467 Å². The van der Waals surface area contributed by atoms with Crippen LogP contribution in [0, 0.1) is 0 Å². The third-order valence-corrected chi connectivity index (χ3v) is 15.1. The Bertz CT molecular complexity index is 1250. The summed E-state index contributed by atoms with van der Waals surface area (Å²) in [5.41, 5.74) is 0. The zero-order chi connectivity index (χ0) is 54.3. The van der Waals surface area contributed by atoms with Crippen molar-refractivity contribution in [3.63, 3.8) is 0 Å². The van der Waals surface area contributed by atoms with Crippen LogP contribution >= 0.6 is 0 Å². The summed E-state index contributed by atoms with van der Waals surface area (Å²) >= 11 is 0. The summed E-state index contributed by atoms with van der Waals surface area (Å²) in [6.45, 7) is 6.62. The normalized spacial score (nSPS) is 12.2. The predicted molar refractivity (Wildman–Crippen MR) is 326 cm³/mol. The van der Waals surface area contributed by atoms with Crippen molar-refractivity contribution in [3.05, 3.63) is 36.5 Å². The highest BCUT2D eigenvalue weighted by Crippen LogP contribution is 2.18. The Morgan fingerprint density at radius 1 is 0.267 bits per heavy atom. The molecule has 0 saturated carbocycles. The van der Waals surface area contributed by atoms with Gasteiger partial charge >= 0.3 is 17.9 Å². The largest absolute Gasteiger partial charge is 0.462 e. The molecule has 0 aromatic heterocycles. The molecule has 0 heterocycles. The molecular formula is C69H128O6. The molecule has 0 aromatic rings. The van der Waals surface area contributed by atoms with E-state index in [2.05, 4.69) is 57.2 Å². The average Bonchev–Trinajstić information content (AvgIpc) is 3.41. The van der Waals surface area contributed by atoms with Crippen LogP contribution in [0.25, 0.3) is 0 Å². The minimum Gasteiger partial charge on any atom is -0.462 e. The number of allylic oxidation sites excluding steroid dienone is 6. The molecular weight excluding hydrogens is 925 g/mol. The Balaban J connectivity index is 4.23. The van der Waals surface area contributed by atoms with Crippen LogP contribution in [0.3, 0.4) is 0 Å². The van der Waals surface area contributed by atoms with E-state index >= 15 is 0 Å². The quantitative estimate of drug-likeness (QED) is 0.0261. The van der Waals surface area contributed by atoms with Gasteiger partial charge < -0.3 is 14.2 Å². The zero-order valence-corrected chi connectivity index (χ0v) is 50.6. The maximum atomic E-state index is 12.9. The van der Waals surface area contributed by atoms with Gasteiger partial charge in [0.05, 0.1) is 0 Å². The lowest BCUT2D eigenvalue weighted by Gasteiger charge is -2.18. The Morgan fingerprint density at radius 2 is 0.507 bits per heavy atom. The summed E-state index contributed by atoms with van der Waals surface area (Å²) in [6.07, 6.45) is 78.8. The second kappa shape index (κ2) is 64.2.